The van der Waals surface area contributed by atoms with Crippen LogP contribution in [0.15, 0.2) is 24.3 Å². The van der Waals surface area contributed by atoms with Crippen LogP contribution < -0.4 is 10.6 Å². The summed E-state index contributed by atoms with van der Waals surface area (Å²) < 4.78 is 0. The monoisotopic (exact) mass is 230 g/mol. The van der Waals surface area contributed by atoms with Crippen LogP contribution in [0.1, 0.15) is 30.1 Å². The summed E-state index contributed by atoms with van der Waals surface area (Å²) in [6.45, 7) is 2.04. The Hall–Kier alpha value is -1.95. The summed E-state index contributed by atoms with van der Waals surface area (Å²) >= 11 is 0. The van der Waals surface area contributed by atoms with E-state index < -0.39 is 0 Å². The van der Waals surface area contributed by atoms with Gasteiger partial charge in [0.05, 0.1) is 11.6 Å². The molecule has 0 fully saturated rings. The normalized spacial score (nSPS) is 11.4. The predicted molar refractivity (Wildman–Crippen MR) is 71.0 cm³/mol. The second-order valence-corrected chi connectivity index (χ2v) is 3.78. The van der Waals surface area contributed by atoms with Crippen molar-refractivity contribution >= 4 is 11.6 Å². The molecule has 1 amide bonds. The highest BCUT2D eigenvalue weighted by Crippen LogP contribution is 2.14. The summed E-state index contributed by atoms with van der Waals surface area (Å²) in [5.74, 6) is 2.46. The van der Waals surface area contributed by atoms with Crippen molar-refractivity contribution < 1.29 is 4.79 Å². The number of hydrogen-bond donors (Lipinski definition) is 2. The lowest BCUT2D eigenvalue weighted by Crippen LogP contribution is -2.33. The number of benzene rings is 1. The molecular formula is C14H18N2O. The van der Waals surface area contributed by atoms with Crippen LogP contribution in [0, 0.1) is 12.3 Å². The van der Waals surface area contributed by atoms with Crippen molar-refractivity contribution in [2.75, 3.05) is 12.4 Å². The average Bonchev–Trinajstić information content (AvgIpc) is 2.38. The Kier molecular flexibility index (Phi) is 5.09. The summed E-state index contributed by atoms with van der Waals surface area (Å²) in [4.78, 5) is 12.0. The molecule has 0 aliphatic heterocycles. The Labute approximate surface area is 103 Å². The van der Waals surface area contributed by atoms with Crippen molar-refractivity contribution in [3.8, 4) is 12.3 Å². The van der Waals surface area contributed by atoms with Crippen molar-refractivity contribution in [1.82, 2.24) is 5.32 Å². The first kappa shape index (κ1) is 13.1. The molecule has 0 spiro atoms. The van der Waals surface area contributed by atoms with Gasteiger partial charge in [0.15, 0.2) is 0 Å². The number of hydrogen-bond acceptors (Lipinski definition) is 2. The van der Waals surface area contributed by atoms with Gasteiger partial charge in [-0.2, -0.15) is 0 Å². The summed E-state index contributed by atoms with van der Waals surface area (Å²) in [5.41, 5.74) is 1.42. The highest BCUT2D eigenvalue weighted by atomic mass is 16.1. The standard InChI is InChI=1S/C14H18N2O/c1-4-8-11(5-2)16-14(17)12-9-6-7-10-13(12)15-3/h2,6-7,9-11,15H,4,8H2,1,3H3,(H,16,17). The molecule has 1 rings (SSSR count). The lowest BCUT2D eigenvalue weighted by atomic mass is 10.1. The van der Waals surface area contributed by atoms with Crippen LogP contribution in [0.5, 0.6) is 0 Å². The number of amides is 1. The van der Waals surface area contributed by atoms with E-state index in [0.29, 0.717) is 5.56 Å². The molecule has 0 radical (unpaired) electrons. The van der Waals surface area contributed by atoms with E-state index in [9.17, 15) is 4.79 Å². The average molecular weight is 230 g/mol. The Morgan fingerprint density at radius 2 is 2.18 bits per heavy atom. The second-order valence-electron chi connectivity index (χ2n) is 3.78. The zero-order chi connectivity index (χ0) is 12.7. The Bertz CT molecular complexity index is 420. The fourth-order valence-electron chi connectivity index (χ4n) is 1.62. The van der Waals surface area contributed by atoms with Gasteiger partial charge in [-0.3, -0.25) is 4.79 Å². The topological polar surface area (TPSA) is 41.1 Å². The first-order valence-corrected chi connectivity index (χ1v) is 5.76. The number of rotatable bonds is 5. The molecule has 1 atom stereocenters. The third-order valence-corrected chi connectivity index (χ3v) is 2.52. The number of carbonyl (C=O) groups excluding carboxylic acids is 1. The molecule has 0 aliphatic carbocycles. The maximum Gasteiger partial charge on any atom is 0.254 e. The van der Waals surface area contributed by atoms with Crippen LogP contribution in [-0.2, 0) is 0 Å². The van der Waals surface area contributed by atoms with E-state index in [0.717, 1.165) is 18.5 Å². The maximum atomic E-state index is 12.0. The van der Waals surface area contributed by atoms with Crippen molar-refractivity contribution in [3.63, 3.8) is 0 Å². The van der Waals surface area contributed by atoms with E-state index in [1.807, 2.05) is 25.1 Å². The molecule has 3 nitrogen and oxygen atoms in total. The lowest BCUT2D eigenvalue weighted by Gasteiger charge is -2.14. The molecule has 1 unspecified atom stereocenters. The Morgan fingerprint density at radius 3 is 2.76 bits per heavy atom. The molecule has 3 heteroatoms. The molecule has 0 aromatic heterocycles. The summed E-state index contributed by atoms with van der Waals surface area (Å²) in [5, 5.41) is 5.83. The quantitative estimate of drug-likeness (QED) is 0.762. The van der Waals surface area contributed by atoms with Gasteiger partial charge in [0.2, 0.25) is 0 Å². The third-order valence-electron chi connectivity index (χ3n) is 2.52. The molecule has 1 aromatic carbocycles. The SMILES string of the molecule is C#CC(CCC)NC(=O)c1ccccc1NC. The molecule has 0 saturated carbocycles. The molecule has 90 valence electrons. The van der Waals surface area contributed by atoms with E-state index >= 15 is 0 Å². The van der Waals surface area contributed by atoms with Gasteiger partial charge in [-0.15, -0.1) is 6.42 Å². The van der Waals surface area contributed by atoms with Gasteiger partial charge in [-0.05, 0) is 18.6 Å². The minimum atomic E-state index is -0.197. The van der Waals surface area contributed by atoms with E-state index in [1.165, 1.54) is 0 Å². The van der Waals surface area contributed by atoms with Crippen molar-refractivity contribution in [1.29, 1.82) is 0 Å². The van der Waals surface area contributed by atoms with Crippen LogP contribution in [0.25, 0.3) is 0 Å². The van der Waals surface area contributed by atoms with Gasteiger partial charge in [0.25, 0.3) is 5.91 Å². The largest absolute Gasteiger partial charge is 0.387 e. The highest BCUT2D eigenvalue weighted by Gasteiger charge is 2.13. The fraction of sp³-hybridized carbons (Fsp3) is 0.357. The number of para-hydroxylation sites is 1. The van der Waals surface area contributed by atoms with E-state index in [-0.39, 0.29) is 11.9 Å². The van der Waals surface area contributed by atoms with Crippen LogP contribution in [0.2, 0.25) is 0 Å². The zero-order valence-corrected chi connectivity index (χ0v) is 10.3. The van der Waals surface area contributed by atoms with E-state index in [4.69, 9.17) is 6.42 Å². The lowest BCUT2D eigenvalue weighted by molar-refractivity contribution is 0.0945. The third kappa shape index (κ3) is 3.53. The second kappa shape index (κ2) is 6.59. The maximum absolute atomic E-state index is 12.0. The van der Waals surface area contributed by atoms with Crippen LogP contribution in [0.3, 0.4) is 0 Å². The molecule has 0 bridgehead atoms. The molecule has 0 heterocycles. The summed E-state index contributed by atoms with van der Waals surface area (Å²) in [6.07, 6.45) is 7.12. The smallest absolute Gasteiger partial charge is 0.254 e. The van der Waals surface area contributed by atoms with Crippen molar-refractivity contribution in [3.05, 3.63) is 29.8 Å². The predicted octanol–water partition coefficient (Wildman–Crippen LogP) is 2.26. The minimum Gasteiger partial charge on any atom is -0.387 e. The van der Waals surface area contributed by atoms with Gasteiger partial charge in [0.1, 0.15) is 0 Å². The van der Waals surface area contributed by atoms with Crippen LogP contribution in [0.4, 0.5) is 5.69 Å². The van der Waals surface area contributed by atoms with Gasteiger partial charge < -0.3 is 10.6 Å². The Morgan fingerprint density at radius 1 is 1.47 bits per heavy atom. The fourth-order valence-corrected chi connectivity index (χ4v) is 1.62. The number of anilines is 1. The Balaban J connectivity index is 2.79. The number of terminal acetylenes is 1. The van der Waals surface area contributed by atoms with Gasteiger partial charge >= 0.3 is 0 Å². The molecule has 0 saturated heterocycles. The summed E-state index contributed by atoms with van der Waals surface area (Å²) in [6, 6.07) is 7.16. The van der Waals surface area contributed by atoms with Crippen LogP contribution in [-0.4, -0.2) is 19.0 Å². The molecule has 2 N–H and O–H groups in total. The summed E-state index contributed by atoms with van der Waals surface area (Å²) in [7, 11) is 1.79. The molecule has 1 aromatic rings. The first-order chi connectivity index (χ1) is 8.22. The van der Waals surface area contributed by atoms with E-state index in [1.54, 1.807) is 13.1 Å². The van der Waals surface area contributed by atoms with Crippen molar-refractivity contribution in [2.24, 2.45) is 0 Å². The first-order valence-electron chi connectivity index (χ1n) is 5.76. The molecular weight excluding hydrogens is 212 g/mol. The number of nitrogens with one attached hydrogen (secondary N) is 2. The highest BCUT2D eigenvalue weighted by molar-refractivity contribution is 5.99. The van der Waals surface area contributed by atoms with Crippen LogP contribution >= 0.6 is 0 Å². The van der Waals surface area contributed by atoms with E-state index in [2.05, 4.69) is 16.6 Å². The van der Waals surface area contributed by atoms with Gasteiger partial charge in [-0.25, -0.2) is 0 Å². The molecule has 0 aliphatic rings. The zero-order valence-electron chi connectivity index (χ0n) is 10.3. The van der Waals surface area contributed by atoms with Gasteiger partial charge in [0, 0.05) is 12.7 Å². The minimum absolute atomic E-state index is 0.133. The molecule has 17 heavy (non-hydrogen) atoms. The van der Waals surface area contributed by atoms with Crippen molar-refractivity contribution in [2.45, 2.75) is 25.8 Å². The van der Waals surface area contributed by atoms with Gasteiger partial charge in [-0.1, -0.05) is 31.4 Å². The number of carbonyl (C=O) groups is 1.